The molecule has 6 nitrogen and oxygen atoms in total. The summed E-state index contributed by atoms with van der Waals surface area (Å²) in [4.78, 5) is 13.2. The van der Waals surface area contributed by atoms with Crippen molar-refractivity contribution < 1.29 is 19.4 Å². The Morgan fingerprint density at radius 1 is 1.42 bits per heavy atom. The van der Waals surface area contributed by atoms with Crippen LogP contribution in [0.5, 0.6) is 11.5 Å². The summed E-state index contributed by atoms with van der Waals surface area (Å²) in [5.74, 6) is 1.03. The number of hydrogen-bond donors (Lipinski definition) is 2. The predicted molar refractivity (Wildman–Crippen MR) is 69.0 cm³/mol. The Morgan fingerprint density at radius 2 is 2.05 bits per heavy atom. The number of hydrogen-bond acceptors (Lipinski definition) is 5. The van der Waals surface area contributed by atoms with Crippen molar-refractivity contribution in [3.05, 3.63) is 23.3 Å². The topological polar surface area (TPSA) is 85.0 Å². The Bertz CT molecular complexity index is 490. The molecule has 2 rings (SSSR count). The summed E-state index contributed by atoms with van der Waals surface area (Å²) in [5.41, 5.74) is 6.82. The highest BCUT2D eigenvalue weighted by Crippen LogP contribution is 2.39. The third kappa shape index (κ3) is 2.36. The molecular weight excluding hydrogens is 248 g/mol. The lowest BCUT2D eigenvalue weighted by Gasteiger charge is -2.33. The van der Waals surface area contributed by atoms with Crippen LogP contribution in [0.1, 0.15) is 17.2 Å². The smallest absolute Gasteiger partial charge is 0.236 e. The van der Waals surface area contributed by atoms with Gasteiger partial charge in [0.15, 0.2) is 0 Å². The minimum Gasteiger partial charge on any atom is -0.496 e. The summed E-state index contributed by atoms with van der Waals surface area (Å²) in [5, 5.41) is 10.2. The minimum atomic E-state index is -0.802. The highest BCUT2D eigenvalue weighted by molar-refractivity contribution is 5.78. The van der Waals surface area contributed by atoms with Gasteiger partial charge in [-0.1, -0.05) is 0 Å². The van der Waals surface area contributed by atoms with E-state index in [1.54, 1.807) is 26.4 Å². The average molecular weight is 266 g/mol. The van der Waals surface area contributed by atoms with Crippen molar-refractivity contribution in [2.45, 2.75) is 12.6 Å². The molecule has 0 saturated heterocycles. The Balaban J connectivity index is 2.47. The number of aliphatic hydroxyl groups excluding tert-OH is 1. The average Bonchev–Trinajstić information content (AvgIpc) is 2.44. The molecule has 0 spiro atoms. The van der Waals surface area contributed by atoms with Gasteiger partial charge in [-0.2, -0.15) is 0 Å². The maximum absolute atomic E-state index is 11.7. The van der Waals surface area contributed by atoms with E-state index in [9.17, 15) is 9.90 Å². The van der Waals surface area contributed by atoms with Crippen LogP contribution in [0.15, 0.2) is 12.1 Å². The van der Waals surface area contributed by atoms with Gasteiger partial charge in [-0.15, -0.1) is 0 Å². The zero-order valence-corrected chi connectivity index (χ0v) is 11.0. The van der Waals surface area contributed by atoms with E-state index in [0.29, 0.717) is 23.6 Å². The number of nitrogens with two attached hydrogens (primary N) is 1. The highest BCUT2D eigenvalue weighted by atomic mass is 16.5. The number of aliphatic hydroxyl groups is 1. The van der Waals surface area contributed by atoms with Crippen molar-refractivity contribution in [3.63, 3.8) is 0 Å². The second-order valence-corrected chi connectivity index (χ2v) is 4.36. The first kappa shape index (κ1) is 13.6. The fourth-order valence-electron chi connectivity index (χ4n) is 2.40. The number of carbonyl (C=O) groups is 1. The van der Waals surface area contributed by atoms with E-state index in [2.05, 4.69) is 0 Å². The van der Waals surface area contributed by atoms with E-state index in [1.807, 2.05) is 0 Å². The summed E-state index contributed by atoms with van der Waals surface area (Å²) in [6, 6.07) is 3.52. The van der Waals surface area contributed by atoms with Gasteiger partial charge < -0.3 is 25.2 Å². The molecule has 1 aliphatic heterocycles. The number of β-amino-alcohol motifs (C(OH)–C–C–N with tert-alkyl or cyclic N) is 1. The van der Waals surface area contributed by atoms with Crippen molar-refractivity contribution >= 4 is 5.91 Å². The molecule has 6 heteroatoms. The SMILES string of the molecule is COc1ccc(OC)c2c1CN(C(=O)CN)CC2O. The van der Waals surface area contributed by atoms with Gasteiger partial charge in [-0.05, 0) is 12.1 Å². The van der Waals surface area contributed by atoms with Crippen LogP contribution >= 0.6 is 0 Å². The molecule has 3 N–H and O–H groups in total. The Morgan fingerprint density at radius 3 is 2.63 bits per heavy atom. The maximum Gasteiger partial charge on any atom is 0.236 e. The molecule has 1 aromatic rings. The zero-order valence-electron chi connectivity index (χ0n) is 11.0. The first-order valence-electron chi connectivity index (χ1n) is 6.02. The third-order valence-electron chi connectivity index (χ3n) is 3.32. The van der Waals surface area contributed by atoms with Crippen LogP contribution < -0.4 is 15.2 Å². The molecule has 1 aromatic carbocycles. The van der Waals surface area contributed by atoms with Gasteiger partial charge in [-0.25, -0.2) is 0 Å². The molecule has 0 aromatic heterocycles. The number of benzene rings is 1. The van der Waals surface area contributed by atoms with Gasteiger partial charge >= 0.3 is 0 Å². The lowest BCUT2D eigenvalue weighted by Crippen LogP contribution is -2.41. The van der Waals surface area contributed by atoms with E-state index in [1.165, 1.54) is 4.90 Å². The molecule has 0 fully saturated rings. The largest absolute Gasteiger partial charge is 0.496 e. The quantitative estimate of drug-likeness (QED) is 0.806. The fourth-order valence-corrected chi connectivity index (χ4v) is 2.40. The molecule has 0 radical (unpaired) electrons. The first-order chi connectivity index (χ1) is 9.12. The molecule has 0 saturated carbocycles. The third-order valence-corrected chi connectivity index (χ3v) is 3.32. The molecule has 1 heterocycles. The second kappa shape index (κ2) is 5.46. The lowest BCUT2D eigenvalue weighted by molar-refractivity contribution is -0.132. The summed E-state index contributed by atoms with van der Waals surface area (Å²) in [6.07, 6.45) is -0.802. The van der Waals surface area contributed by atoms with E-state index < -0.39 is 6.10 Å². The molecular formula is C13H18N2O4. The molecule has 1 unspecified atom stereocenters. The van der Waals surface area contributed by atoms with Gasteiger partial charge in [0.25, 0.3) is 0 Å². The van der Waals surface area contributed by atoms with Crippen LogP contribution in [0.25, 0.3) is 0 Å². The number of carbonyl (C=O) groups excluding carboxylic acids is 1. The second-order valence-electron chi connectivity index (χ2n) is 4.36. The molecule has 0 bridgehead atoms. The van der Waals surface area contributed by atoms with Crippen molar-refractivity contribution in [1.82, 2.24) is 4.90 Å². The Hall–Kier alpha value is -1.79. The van der Waals surface area contributed by atoms with Crippen LogP contribution in [-0.2, 0) is 11.3 Å². The Labute approximate surface area is 111 Å². The first-order valence-corrected chi connectivity index (χ1v) is 6.02. The van der Waals surface area contributed by atoms with Crippen LogP contribution in [0, 0.1) is 0 Å². The van der Waals surface area contributed by atoms with Crippen LogP contribution in [0.2, 0.25) is 0 Å². The van der Waals surface area contributed by atoms with Gasteiger partial charge in [0.2, 0.25) is 5.91 Å². The predicted octanol–water partition coefficient (Wildman–Crippen LogP) is 0.0381. The summed E-state index contributed by atoms with van der Waals surface area (Å²) in [6.45, 7) is 0.504. The maximum atomic E-state index is 11.7. The summed E-state index contributed by atoms with van der Waals surface area (Å²) in [7, 11) is 3.10. The monoisotopic (exact) mass is 266 g/mol. The molecule has 19 heavy (non-hydrogen) atoms. The fraction of sp³-hybridized carbons (Fsp3) is 0.462. The van der Waals surface area contributed by atoms with Gasteiger partial charge in [0.05, 0.1) is 27.3 Å². The highest BCUT2D eigenvalue weighted by Gasteiger charge is 2.31. The number of rotatable bonds is 3. The van der Waals surface area contributed by atoms with E-state index in [0.717, 1.165) is 5.56 Å². The Kier molecular flexibility index (Phi) is 3.92. The van der Waals surface area contributed by atoms with E-state index in [-0.39, 0.29) is 19.0 Å². The molecule has 1 amide bonds. The summed E-state index contributed by atoms with van der Waals surface area (Å²) < 4.78 is 10.5. The normalized spacial score (nSPS) is 17.9. The van der Waals surface area contributed by atoms with Crippen LogP contribution in [0.3, 0.4) is 0 Å². The van der Waals surface area contributed by atoms with Gasteiger partial charge in [0.1, 0.15) is 17.6 Å². The van der Waals surface area contributed by atoms with Gasteiger partial charge in [-0.3, -0.25) is 4.79 Å². The summed E-state index contributed by atoms with van der Waals surface area (Å²) >= 11 is 0. The lowest BCUT2D eigenvalue weighted by atomic mass is 9.95. The van der Waals surface area contributed by atoms with Crippen molar-refractivity contribution in [1.29, 1.82) is 0 Å². The van der Waals surface area contributed by atoms with Gasteiger partial charge in [0, 0.05) is 17.7 Å². The van der Waals surface area contributed by atoms with Crippen molar-refractivity contribution in [2.24, 2.45) is 5.73 Å². The molecule has 1 atom stereocenters. The standard InChI is InChI=1S/C13H18N2O4/c1-18-10-3-4-11(19-2)13-8(10)6-15(7-9(13)16)12(17)5-14/h3-4,9,16H,5-7,14H2,1-2H3. The number of nitrogens with zero attached hydrogens (tertiary/aromatic N) is 1. The molecule has 104 valence electrons. The zero-order chi connectivity index (χ0) is 14.0. The van der Waals surface area contributed by atoms with E-state index in [4.69, 9.17) is 15.2 Å². The van der Waals surface area contributed by atoms with E-state index >= 15 is 0 Å². The number of fused-ring (bicyclic) bond motifs is 1. The van der Waals surface area contributed by atoms with Crippen LogP contribution in [-0.4, -0.2) is 43.2 Å². The molecule has 1 aliphatic rings. The number of amides is 1. The van der Waals surface area contributed by atoms with Crippen molar-refractivity contribution in [3.8, 4) is 11.5 Å². The minimum absolute atomic E-state index is 0.0751. The number of ether oxygens (including phenoxy) is 2. The number of methoxy groups -OCH3 is 2. The van der Waals surface area contributed by atoms with Crippen LogP contribution in [0.4, 0.5) is 0 Å². The van der Waals surface area contributed by atoms with Crippen molar-refractivity contribution in [2.75, 3.05) is 27.3 Å². The molecule has 0 aliphatic carbocycles.